The molecule has 0 aliphatic rings. The highest BCUT2D eigenvalue weighted by atomic mass is 19.1. The molecular formula is C17H18FN3O3. The predicted octanol–water partition coefficient (Wildman–Crippen LogP) is 3.87. The van der Waals surface area contributed by atoms with Gasteiger partial charge in [0.1, 0.15) is 5.82 Å². The lowest BCUT2D eigenvalue weighted by molar-refractivity contribution is -0.384. The van der Waals surface area contributed by atoms with Crippen LogP contribution in [0.1, 0.15) is 18.4 Å². The summed E-state index contributed by atoms with van der Waals surface area (Å²) >= 11 is 0. The number of nitrogens with zero attached hydrogens (tertiary/aromatic N) is 1. The maximum Gasteiger partial charge on any atom is 0.269 e. The van der Waals surface area contributed by atoms with Crippen molar-refractivity contribution in [2.75, 3.05) is 17.2 Å². The predicted molar refractivity (Wildman–Crippen MR) is 90.6 cm³/mol. The van der Waals surface area contributed by atoms with Crippen molar-refractivity contribution < 1.29 is 14.1 Å². The van der Waals surface area contributed by atoms with Gasteiger partial charge in [0, 0.05) is 36.5 Å². The van der Waals surface area contributed by atoms with E-state index in [1.165, 1.54) is 18.2 Å². The first-order valence-electron chi connectivity index (χ1n) is 7.50. The number of amides is 1. The molecule has 0 aliphatic heterocycles. The lowest BCUT2D eigenvalue weighted by Crippen LogP contribution is -2.13. The van der Waals surface area contributed by atoms with E-state index in [9.17, 15) is 19.3 Å². The van der Waals surface area contributed by atoms with Crippen molar-refractivity contribution in [2.45, 2.75) is 19.8 Å². The molecule has 0 heterocycles. The summed E-state index contributed by atoms with van der Waals surface area (Å²) in [4.78, 5) is 21.9. The van der Waals surface area contributed by atoms with Gasteiger partial charge in [-0.2, -0.15) is 0 Å². The number of rotatable bonds is 7. The van der Waals surface area contributed by atoms with Crippen LogP contribution >= 0.6 is 0 Å². The number of nitro benzene ring substituents is 1. The van der Waals surface area contributed by atoms with Crippen LogP contribution in [-0.2, 0) is 4.79 Å². The Bertz CT molecular complexity index is 732. The third-order valence-corrected chi connectivity index (χ3v) is 3.44. The molecule has 6 nitrogen and oxygen atoms in total. The molecule has 1 amide bonds. The average molecular weight is 331 g/mol. The molecule has 2 aromatic rings. The summed E-state index contributed by atoms with van der Waals surface area (Å²) in [5, 5.41) is 16.3. The number of carbonyl (C=O) groups is 1. The van der Waals surface area contributed by atoms with Crippen LogP contribution in [-0.4, -0.2) is 17.4 Å². The molecule has 126 valence electrons. The van der Waals surface area contributed by atoms with Gasteiger partial charge >= 0.3 is 0 Å². The monoisotopic (exact) mass is 331 g/mol. The van der Waals surface area contributed by atoms with Gasteiger partial charge in [0.05, 0.1) is 4.92 Å². The summed E-state index contributed by atoms with van der Waals surface area (Å²) in [7, 11) is 0. The zero-order valence-electron chi connectivity index (χ0n) is 13.2. The molecule has 0 radical (unpaired) electrons. The molecule has 2 aromatic carbocycles. The molecule has 0 saturated heterocycles. The topological polar surface area (TPSA) is 84.3 Å². The Labute approximate surface area is 138 Å². The van der Waals surface area contributed by atoms with E-state index in [4.69, 9.17) is 0 Å². The number of benzene rings is 2. The summed E-state index contributed by atoms with van der Waals surface area (Å²) in [5.74, 6) is -0.545. The van der Waals surface area contributed by atoms with Crippen molar-refractivity contribution in [1.82, 2.24) is 0 Å². The number of non-ortho nitro benzene ring substituents is 1. The van der Waals surface area contributed by atoms with Gasteiger partial charge in [-0.1, -0.05) is 6.07 Å². The minimum atomic E-state index is -0.456. The molecular weight excluding hydrogens is 313 g/mol. The number of aryl methyl sites for hydroxylation is 1. The lowest BCUT2D eigenvalue weighted by atomic mass is 10.2. The van der Waals surface area contributed by atoms with Gasteiger partial charge in [-0.25, -0.2) is 4.39 Å². The fourth-order valence-electron chi connectivity index (χ4n) is 2.08. The van der Waals surface area contributed by atoms with Gasteiger partial charge in [0.15, 0.2) is 0 Å². The molecule has 2 rings (SSSR count). The second-order valence-electron chi connectivity index (χ2n) is 5.35. The summed E-state index contributed by atoms with van der Waals surface area (Å²) in [5.41, 5.74) is 1.75. The highest BCUT2D eigenvalue weighted by Crippen LogP contribution is 2.16. The van der Waals surface area contributed by atoms with E-state index in [0.29, 0.717) is 24.2 Å². The Balaban J connectivity index is 1.72. The Morgan fingerprint density at radius 2 is 1.83 bits per heavy atom. The molecule has 0 fully saturated rings. The molecule has 0 atom stereocenters. The van der Waals surface area contributed by atoms with Crippen LogP contribution in [0.2, 0.25) is 0 Å². The fourth-order valence-corrected chi connectivity index (χ4v) is 2.08. The average Bonchev–Trinajstić information content (AvgIpc) is 2.55. The minimum absolute atomic E-state index is 0.0326. The van der Waals surface area contributed by atoms with Gasteiger partial charge in [-0.3, -0.25) is 14.9 Å². The SMILES string of the molecule is Cc1ccc(NC(=O)CCCNc2ccc([N+](=O)[O-])cc2)cc1F. The van der Waals surface area contributed by atoms with Crippen molar-refractivity contribution in [2.24, 2.45) is 0 Å². The van der Waals surface area contributed by atoms with Crippen molar-refractivity contribution >= 4 is 23.0 Å². The highest BCUT2D eigenvalue weighted by molar-refractivity contribution is 5.90. The first kappa shape index (κ1) is 17.4. The quantitative estimate of drug-likeness (QED) is 0.458. The van der Waals surface area contributed by atoms with Crippen LogP contribution in [0.5, 0.6) is 0 Å². The van der Waals surface area contributed by atoms with Crippen LogP contribution in [0.15, 0.2) is 42.5 Å². The fraction of sp³-hybridized carbons (Fsp3) is 0.235. The van der Waals surface area contributed by atoms with Crippen molar-refractivity contribution in [3.05, 3.63) is 64.0 Å². The van der Waals surface area contributed by atoms with E-state index >= 15 is 0 Å². The summed E-state index contributed by atoms with van der Waals surface area (Å²) < 4.78 is 13.4. The Morgan fingerprint density at radius 3 is 2.46 bits per heavy atom. The number of hydrogen-bond acceptors (Lipinski definition) is 4. The maximum absolute atomic E-state index is 13.4. The van der Waals surface area contributed by atoms with Gasteiger partial charge in [-0.15, -0.1) is 0 Å². The number of carbonyl (C=O) groups excluding carboxylic acids is 1. The van der Waals surface area contributed by atoms with Crippen LogP contribution in [0.3, 0.4) is 0 Å². The van der Waals surface area contributed by atoms with Gasteiger partial charge in [-0.05, 0) is 43.2 Å². The van der Waals surface area contributed by atoms with Gasteiger partial charge < -0.3 is 10.6 Å². The minimum Gasteiger partial charge on any atom is -0.385 e. The van der Waals surface area contributed by atoms with E-state index in [1.54, 1.807) is 31.2 Å². The lowest BCUT2D eigenvalue weighted by Gasteiger charge is -2.08. The standard InChI is InChI=1S/C17H18FN3O3/c1-12-4-5-14(11-16(12)18)20-17(22)3-2-10-19-13-6-8-15(9-7-13)21(23)24/h4-9,11,19H,2-3,10H2,1H3,(H,20,22). The number of nitrogens with one attached hydrogen (secondary N) is 2. The summed E-state index contributed by atoms with van der Waals surface area (Å²) in [6.07, 6.45) is 0.868. The number of halogens is 1. The highest BCUT2D eigenvalue weighted by Gasteiger charge is 2.06. The molecule has 0 bridgehead atoms. The summed E-state index contributed by atoms with van der Waals surface area (Å²) in [6.45, 7) is 2.21. The van der Waals surface area contributed by atoms with Crippen LogP contribution in [0.25, 0.3) is 0 Å². The Kier molecular flexibility index (Phi) is 5.83. The second-order valence-corrected chi connectivity index (χ2v) is 5.35. The van der Waals surface area contributed by atoms with Crippen molar-refractivity contribution in [3.63, 3.8) is 0 Å². The van der Waals surface area contributed by atoms with Gasteiger partial charge in [0.25, 0.3) is 5.69 Å². The summed E-state index contributed by atoms with van der Waals surface area (Å²) in [6, 6.07) is 10.6. The zero-order chi connectivity index (χ0) is 17.5. The van der Waals surface area contributed by atoms with E-state index in [1.807, 2.05) is 0 Å². The van der Waals surface area contributed by atoms with Gasteiger partial charge in [0.2, 0.25) is 5.91 Å². The van der Waals surface area contributed by atoms with E-state index < -0.39 is 4.92 Å². The van der Waals surface area contributed by atoms with Crippen molar-refractivity contribution in [1.29, 1.82) is 0 Å². The largest absolute Gasteiger partial charge is 0.385 e. The Hall–Kier alpha value is -2.96. The maximum atomic E-state index is 13.4. The number of anilines is 2. The van der Waals surface area contributed by atoms with Crippen molar-refractivity contribution in [3.8, 4) is 0 Å². The second kappa shape index (κ2) is 8.05. The zero-order valence-corrected chi connectivity index (χ0v) is 13.2. The molecule has 24 heavy (non-hydrogen) atoms. The first-order chi connectivity index (χ1) is 11.5. The van der Waals surface area contributed by atoms with E-state index in [2.05, 4.69) is 10.6 Å². The van der Waals surface area contributed by atoms with Crippen LogP contribution in [0.4, 0.5) is 21.5 Å². The molecule has 0 unspecified atom stereocenters. The van der Waals surface area contributed by atoms with E-state index in [0.717, 1.165) is 5.69 Å². The molecule has 0 saturated carbocycles. The smallest absolute Gasteiger partial charge is 0.269 e. The van der Waals surface area contributed by atoms with E-state index in [-0.39, 0.29) is 23.8 Å². The molecule has 0 aliphatic carbocycles. The third kappa shape index (κ3) is 5.05. The molecule has 0 aromatic heterocycles. The normalized spacial score (nSPS) is 10.2. The molecule has 2 N–H and O–H groups in total. The van der Waals surface area contributed by atoms with Crippen LogP contribution in [0, 0.1) is 22.9 Å². The molecule has 7 heteroatoms. The first-order valence-corrected chi connectivity index (χ1v) is 7.50. The molecule has 0 spiro atoms. The number of nitro groups is 1. The third-order valence-electron chi connectivity index (χ3n) is 3.44. The van der Waals surface area contributed by atoms with Crippen LogP contribution < -0.4 is 10.6 Å². The number of hydrogen-bond donors (Lipinski definition) is 2. The Morgan fingerprint density at radius 1 is 1.17 bits per heavy atom.